The molecule has 0 spiro atoms. The van der Waals surface area contributed by atoms with Crippen LogP contribution in [0.5, 0.6) is 0 Å². The first kappa shape index (κ1) is 31.7. The Morgan fingerprint density at radius 3 is 1.80 bits per heavy atom. The van der Waals surface area contributed by atoms with E-state index in [4.69, 9.17) is 4.98 Å². The van der Waals surface area contributed by atoms with E-state index in [1.165, 1.54) is 69.2 Å². The summed E-state index contributed by atoms with van der Waals surface area (Å²) < 4.78 is 2.51. The van der Waals surface area contributed by atoms with Gasteiger partial charge in [-0.25, -0.2) is 4.98 Å². The lowest BCUT2D eigenvalue weighted by Gasteiger charge is -2.28. The van der Waals surface area contributed by atoms with Crippen molar-refractivity contribution in [2.75, 3.05) is 0 Å². The molecule has 4 heteroatoms. The minimum Gasteiger partial charge on any atom is -0.309 e. The van der Waals surface area contributed by atoms with Gasteiger partial charge in [0.05, 0.1) is 22.4 Å². The zero-order valence-corrected chi connectivity index (χ0v) is 31.5. The summed E-state index contributed by atoms with van der Waals surface area (Å²) in [6.07, 6.45) is 0. The Kier molecular flexibility index (Phi) is 7.11. The molecule has 3 heterocycles. The van der Waals surface area contributed by atoms with Crippen LogP contribution in [0.3, 0.4) is 0 Å². The first-order valence-corrected chi connectivity index (χ1v) is 20.1. The predicted octanol–water partition coefficient (Wildman–Crippen LogP) is 14.1. The fraction of sp³-hybridized carbons (Fsp3) is 0.0600. The molecule has 0 N–H and O–H groups in total. The molecule has 1 aliphatic carbocycles. The Hall–Kier alpha value is -5.81. The fourth-order valence-electron chi connectivity index (χ4n) is 8.76. The van der Waals surface area contributed by atoms with Gasteiger partial charge in [-0.05, 0) is 81.9 Å². The van der Waals surface area contributed by atoms with Crippen LogP contribution >= 0.6 is 23.5 Å². The van der Waals surface area contributed by atoms with Gasteiger partial charge in [0, 0.05) is 52.6 Å². The number of para-hydroxylation sites is 1. The maximum Gasteiger partial charge on any atom is 0.0715 e. The van der Waals surface area contributed by atoms with E-state index in [2.05, 4.69) is 188 Å². The second kappa shape index (κ2) is 12.1. The summed E-state index contributed by atoms with van der Waals surface area (Å²) in [5.41, 5.74) is 15.5. The molecule has 2 aromatic heterocycles. The molecule has 0 saturated heterocycles. The van der Waals surface area contributed by atoms with Crippen LogP contribution in [0.1, 0.15) is 25.0 Å². The normalized spacial score (nSPS) is 13.7. The quantitative estimate of drug-likeness (QED) is 0.180. The van der Waals surface area contributed by atoms with Crippen molar-refractivity contribution >= 4 is 45.3 Å². The number of hydrogen-bond acceptors (Lipinski definition) is 3. The summed E-state index contributed by atoms with van der Waals surface area (Å²) in [6.45, 7) is 4.87. The van der Waals surface area contributed by atoms with Gasteiger partial charge in [-0.3, -0.25) is 0 Å². The third-order valence-corrected chi connectivity index (χ3v) is 13.8. The number of fused-ring (bicyclic) bond motifs is 10. The zero-order valence-electron chi connectivity index (χ0n) is 29.9. The lowest BCUT2D eigenvalue weighted by molar-refractivity contribution is 0.645. The molecular weight excluding hydrogens is 693 g/mol. The van der Waals surface area contributed by atoms with Gasteiger partial charge >= 0.3 is 0 Å². The molecule has 9 aromatic rings. The topological polar surface area (TPSA) is 17.8 Å². The van der Waals surface area contributed by atoms with E-state index in [0.717, 1.165) is 33.8 Å². The van der Waals surface area contributed by atoms with Crippen LogP contribution in [0, 0.1) is 0 Å². The molecule has 256 valence electrons. The van der Waals surface area contributed by atoms with Crippen molar-refractivity contribution in [2.45, 2.75) is 38.8 Å². The first-order chi connectivity index (χ1) is 26.5. The van der Waals surface area contributed by atoms with Gasteiger partial charge in [0.25, 0.3) is 0 Å². The van der Waals surface area contributed by atoms with Gasteiger partial charge < -0.3 is 4.57 Å². The first-order valence-electron chi connectivity index (χ1n) is 18.5. The molecule has 0 radical (unpaired) electrons. The molecule has 0 fully saturated rings. The van der Waals surface area contributed by atoms with Crippen LogP contribution in [0.2, 0.25) is 0 Å². The standard InChI is InChI=1S/C50H34N2S2/c1-50(2)46-37(38-27-28-45-49(47(38)50)54-44-20-12-11-19-43(44)53-45)25-26-39-36-17-9-10-18-42(36)52(48(39)46)35-23-21-33(22-24-35)41-30-34(31-13-5-3-6-14-31)29-40(51-41)32-15-7-4-8-16-32/h3-30H,1-2H3. The Labute approximate surface area is 323 Å². The molecule has 7 aromatic carbocycles. The second-order valence-corrected chi connectivity index (χ2v) is 16.9. The van der Waals surface area contributed by atoms with Gasteiger partial charge in [-0.15, -0.1) is 0 Å². The molecule has 0 amide bonds. The number of aromatic nitrogens is 2. The molecule has 0 saturated carbocycles. The third kappa shape index (κ3) is 4.80. The SMILES string of the molecule is CC1(C)c2c(ccc3c2Sc2ccccc2S3)-c2ccc3c4ccccc4n(-c4ccc(-c5cc(-c6ccccc6)cc(-c6ccccc6)n5)cc4)c3c21. The van der Waals surface area contributed by atoms with Crippen LogP contribution in [-0.2, 0) is 5.41 Å². The van der Waals surface area contributed by atoms with Crippen molar-refractivity contribution < 1.29 is 0 Å². The Bertz CT molecular complexity index is 2880. The van der Waals surface area contributed by atoms with Crippen molar-refractivity contribution in [2.24, 2.45) is 0 Å². The molecule has 2 nitrogen and oxygen atoms in total. The third-order valence-electron chi connectivity index (χ3n) is 11.2. The van der Waals surface area contributed by atoms with Crippen LogP contribution in [0.25, 0.3) is 72.3 Å². The minimum absolute atomic E-state index is 0.211. The van der Waals surface area contributed by atoms with Crippen molar-refractivity contribution in [3.8, 4) is 50.5 Å². The predicted molar refractivity (Wildman–Crippen MR) is 227 cm³/mol. The lowest BCUT2D eigenvalue weighted by Crippen LogP contribution is -2.18. The maximum absolute atomic E-state index is 5.22. The molecule has 0 bridgehead atoms. The molecule has 54 heavy (non-hydrogen) atoms. The highest BCUT2D eigenvalue weighted by atomic mass is 32.2. The van der Waals surface area contributed by atoms with E-state index in [-0.39, 0.29) is 5.41 Å². The van der Waals surface area contributed by atoms with Gasteiger partial charge in [0.2, 0.25) is 0 Å². The molecule has 0 atom stereocenters. The second-order valence-electron chi connectivity index (χ2n) is 14.7. The Morgan fingerprint density at radius 1 is 0.463 bits per heavy atom. The Morgan fingerprint density at radius 2 is 1.06 bits per heavy atom. The van der Waals surface area contributed by atoms with Crippen molar-refractivity contribution in [3.05, 3.63) is 181 Å². The van der Waals surface area contributed by atoms with Crippen molar-refractivity contribution in [1.29, 1.82) is 0 Å². The highest BCUT2D eigenvalue weighted by Gasteiger charge is 2.42. The molecule has 11 rings (SSSR count). The summed E-state index contributed by atoms with van der Waals surface area (Å²) in [4.78, 5) is 10.7. The number of pyridine rings is 1. The summed E-state index contributed by atoms with van der Waals surface area (Å²) in [7, 11) is 0. The minimum atomic E-state index is -0.211. The largest absolute Gasteiger partial charge is 0.309 e. The van der Waals surface area contributed by atoms with E-state index >= 15 is 0 Å². The van der Waals surface area contributed by atoms with E-state index in [9.17, 15) is 0 Å². The van der Waals surface area contributed by atoms with Crippen LogP contribution < -0.4 is 0 Å². The lowest BCUT2D eigenvalue weighted by atomic mass is 9.81. The van der Waals surface area contributed by atoms with E-state index in [1.807, 2.05) is 23.5 Å². The molecule has 2 aliphatic rings. The summed E-state index contributed by atoms with van der Waals surface area (Å²) in [5, 5.41) is 2.57. The van der Waals surface area contributed by atoms with E-state index in [0.29, 0.717) is 0 Å². The van der Waals surface area contributed by atoms with Gasteiger partial charge in [-0.2, -0.15) is 0 Å². The summed E-state index contributed by atoms with van der Waals surface area (Å²) in [5.74, 6) is 0. The molecule has 0 unspecified atom stereocenters. The van der Waals surface area contributed by atoms with Crippen LogP contribution in [0.4, 0.5) is 0 Å². The summed E-state index contributed by atoms with van der Waals surface area (Å²) in [6, 6.07) is 61.7. The average molecular weight is 727 g/mol. The smallest absolute Gasteiger partial charge is 0.0715 e. The van der Waals surface area contributed by atoms with Gasteiger partial charge in [0.1, 0.15) is 0 Å². The van der Waals surface area contributed by atoms with E-state index < -0.39 is 0 Å². The fourth-order valence-corrected chi connectivity index (χ4v) is 11.3. The van der Waals surface area contributed by atoms with Crippen molar-refractivity contribution in [3.63, 3.8) is 0 Å². The van der Waals surface area contributed by atoms with Gasteiger partial charge in [0.15, 0.2) is 0 Å². The Balaban J connectivity index is 1.08. The van der Waals surface area contributed by atoms with E-state index in [1.54, 1.807) is 0 Å². The van der Waals surface area contributed by atoms with Crippen LogP contribution in [0.15, 0.2) is 189 Å². The monoisotopic (exact) mass is 726 g/mol. The number of benzene rings is 7. The zero-order chi connectivity index (χ0) is 36.0. The van der Waals surface area contributed by atoms with Gasteiger partial charge in [-0.1, -0.05) is 159 Å². The van der Waals surface area contributed by atoms with Crippen molar-refractivity contribution in [1.82, 2.24) is 9.55 Å². The van der Waals surface area contributed by atoms with Crippen LogP contribution in [-0.4, -0.2) is 9.55 Å². The summed E-state index contributed by atoms with van der Waals surface area (Å²) >= 11 is 3.84. The molecule has 1 aliphatic heterocycles. The number of hydrogen-bond donors (Lipinski definition) is 0. The highest BCUT2D eigenvalue weighted by Crippen LogP contribution is 2.60. The number of nitrogens with zero attached hydrogens (tertiary/aromatic N) is 2. The molecular formula is C50H34N2S2. The maximum atomic E-state index is 5.22. The average Bonchev–Trinajstić information content (AvgIpc) is 3.69. The number of rotatable bonds is 4. The highest BCUT2D eigenvalue weighted by molar-refractivity contribution is 8.05.